The molecule has 0 spiro atoms. The standard InChI is InChI=1S/C39H47ClN4O10S/c1-9-10-30(23-11-13-28(31(17-23)44(48)49)37(46)54-39(2,3)4)41-38(47)43-22-35(55)42(21-29-33(52-7)18-27(50-5)19-34(29)53-8)20-25(36(43)45)15-24-16-26(40)12-14-32(24)51-6/h11-14,16-19,25,30H,9-10,15,20-22H2,1-8H3,(H,41,47)/t25-,30-/m1/s1. The number of thiocarbonyl (C=S) groups is 1. The Morgan fingerprint density at radius 3 is 2.22 bits per heavy atom. The van der Waals surface area contributed by atoms with Crippen molar-refractivity contribution in [3.63, 3.8) is 0 Å². The van der Waals surface area contributed by atoms with E-state index in [2.05, 4.69) is 5.32 Å². The van der Waals surface area contributed by atoms with Crippen molar-refractivity contribution >= 4 is 52.4 Å². The fraction of sp³-hybridized carbons (Fsp3) is 0.436. The summed E-state index contributed by atoms with van der Waals surface area (Å²) in [7, 11) is 6.09. The Kier molecular flexibility index (Phi) is 14.3. The monoisotopic (exact) mass is 798 g/mol. The summed E-state index contributed by atoms with van der Waals surface area (Å²) in [6.07, 6.45) is 1.10. The average molecular weight is 799 g/mol. The Hall–Kier alpha value is -5.15. The molecule has 0 bridgehead atoms. The second kappa shape index (κ2) is 18.5. The third kappa shape index (κ3) is 10.5. The predicted octanol–water partition coefficient (Wildman–Crippen LogP) is 7.32. The molecule has 1 heterocycles. The van der Waals surface area contributed by atoms with Crippen LogP contribution in [0, 0.1) is 16.0 Å². The second-order valence-corrected chi connectivity index (χ2v) is 14.8. The number of nitrogens with one attached hydrogen (secondary N) is 1. The maximum Gasteiger partial charge on any atom is 0.345 e. The minimum atomic E-state index is -0.874. The number of carbonyl (C=O) groups excluding carboxylic acids is 3. The van der Waals surface area contributed by atoms with Gasteiger partial charge in [0.15, 0.2) is 0 Å². The van der Waals surface area contributed by atoms with Crippen molar-refractivity contribution < 1.29 is 43.0 Å². The summed E-state index contributed by atoms with van der Waals surface area (Å²) < 4.78 is 27.8. The number of hydrogen-bond acceptors (Lipinski definition) is 11. The van der Waals surface area contributed by atoms with Gasteiger partial charge in [0.05, 0.1) is 69.0 Å². The van der Waals surface area contributed by atoms with E-state index in [-0.39, 0.29) is 31.6 Å². The Bertz CT molecular complexity index is 1910. The molecule has 1 N–H and O–H groups in total. The number of ether oxygens (including phenoxy) is 5. The second-order valence-electron chi connectivity index (χ2n) is 13.9. The molecule has 1 aliphatic rings. The number of halogens is 1. The van der Waals surface area contributed by atoms with Gasteiger partial charge < -0.3 is 33.9 Å². The SMILES string of the molecule is CCC[C@@H](NC(=O)N1CC(=S)N(Cc2c(OC)cc(OC)cc2OC)C[C@@H](Cc2cc(Cl)ccc2OC)C1=O)c1ccc(C(=O)OC(C)(C)C)c([N+](=O)[O-])c1. The van der Waals surface area contributed by atoms with Gasteiger partial charge in [0.1, 0.15) is 34.2 Å². The number of esters is 1. The van der Waals surface area contributed by atoms with Gasteiger partial charge in [-0.05, 0) is 69.0 Å². The highest BCUT2D eigenvalue weighted by Gasteiger charge is 2.38. The molecule has 296 valence electrons. The van der Waals surface area contributed by atoms with Gasteiger partial charge in [0.25, 0.3) is 5.69 Å². The molecule has 55 heavy (non-hydrogen) atoms. The van der Waals surface area contributed by atoms with Crippen molar-refractivity contribution in [2.24, 2.45) is 5.92 Å². The van der Waals surface area contributed by atoms with Crippen molar-refractivity contribution in [1.29, 1.82) is 0 Å². The number of carbonyl (C=O) groups is 3. The first-order valence-corrected chi connectivity index (χ1v) is 18.3. The van der Waals surface area contributed by atoms with Crippen LogP contribution in [-0.4, -0.2) is 84.7 Å². The first-order valence-electron chi connectivity index (χ1n) is 17.6. The summed E-state index contributed by atoms with van der Waals surface area (Å²) in [6, 6.07) is 11.1. The number of benzene rings is 3. The molecule has 1 fully saturated rings. The zero-order valence-electron chi connectivity index (χ0n) is 32.2. The van der Waals surface area contributed by atoms with Crippen LogP contribution in [0.5, 0.6) is 23.0 Å². The topological polar surface area (TPSA) is 159 Å². The molecule has 3 amide bonds. The molecule has 16 heteroatoms. The number of nitro benzene ring substituents is 1. The summed E-state index contributed by atoms with van der Waals surface area (Å²) in [5, 5.41) is 15.5. The summed E-state index contributed by atoms with van der Waals surface area (Å²) >= 11 is 12.3. The third-order valence-electron chi connectivity index (χ3n) is 8.94. The molecule has 0 aliphatic carbocycles. The summed E-state index contributed by atoms with van der Waals surface area (Å²) in [5.74, 6) is -0.164. The molecule has 0 saturated carbocycles. The fourth-order valence-corrected chi connectivity index (χ4v) is 6.78. The lowest BCUT2D eigenvalue weighted by Crippen LogP contribution is -2.48. The Labute approximate surface area is 331 Å². The van der Waals surface area contributed by atoms with Crippen LogP contribution < -0.4 is 24.3 Å². The van der Waals surface area contributed by atoms with Gasteiger partial charge in [-0.15, -0.1) is 0 Å². The molecular formula is C39H47ClN4O10S. The molecule has 2 atom stereocenters. The zero-order chi connectivity index (χ0) is 40.6. The molecule has 0 radical (unpaired) electrons. The summed E-state index contributed by atoms with van der Waals surface area (Å²) in [5.41, 5.74) is 0.118. The maximum absolute atomic E-state index is 14.5. The Morgan fingerprint density at radius 1 is 1.00 bits per heavy atom. The highest BCUT2D eigenvalue weighted by atomic mass is 35.5. The number of amides is 3. The maximum atomic E-state index is 14.5. The molecule has 0 unspecified atom stereocenters. The highest BCUT2D eigenvalue weighted by Crippen LogP contribution is 2.36. The molecule has 3 aromatic carbocycles. The minimum absolute atomic E-state index is 0.117. The predicted molar refractivity (Wildman–Crippen MR) is 210 cm³/mol. The van der Waals surface area contributed by atoms with E-state index >= 15 is 0 Å². The van der Waals surface area contributed by atoms with Crippen molar-refractivity contribution in [2.45, 2.75) is 65.1 Å². The molecular weight excluding hydrogens is 752 g/mol. The lowest BCUT2D eigenvalue weighted by Gasteiger charge is -2.27. The number of hydrogen-bond donors (Lipinski definition) is 1. The molecule has 1 saturated heterocycles. The van der Waals surface area contributed by atoms with Crippen LogP contribution in [0.3, 0.4) is 0 Å². The van der Waals surface area contributed by atoms with E-state index in [1.165, 1.54) is 46.6 Å². The Morgan fingerprint density at radius 2 is 1.65 bits per heavy atom. The number of nitro groups is 1. The first-order chi connectivity index (χ1) is 26.0. The smallest absolute Gasteiger partial charge is 0.345 e. The molecule has 14 nitrogen and oxygen atoms in total. The van der Waals surface area contributed by atoms with E-state index in [1.807, 2.05) is 11.8 Å². The molecule has 3 aromatic rings. The van der Waals surface area contributed by atoms with Gasteiger partial charge in [-0.25, -0.2) is 9.59 Å². The number of methoxy groups -OCH3 is 4. The highest BCUT2D eigenvalue weighted by molar-refractivity contribution is 7.80. The average Bonchev–Trinajstić information content (AvgIpc) is 3.25. The third-order valence-corrected chi connectivity index (χ3v) is 9.56. The molecule has 0 aromatic heterocycles. The summed E-state index contributed by atoms with van der Waals surface area (Å²) in [6.45, 7) is 6.93. The van der Waals surface area contributed by atoms with Crippen LogP contribution in [0.25, 0.3) is 0 Å². The van der Waals surface area contributed by atoms with Crippen molar-refractivity contribution in [1.82, 2.24) is 15.1 Å². The van der Waals surface area contributed by atoms with E-state index in [4.69, 9.17) is 47.5 Å². The van der Waals surface area contributed by atoms with Gasteiger partial charge >= 0.3 is 12.0 Å². The Balaban J connectivity index is 1.73. The molecule has 4 rings (SSSR count). The van der Waals surface area contributed by atoms with E-state index in [0.29, 0.717) is 62.5 Å². The quantitative estimate of drug-likeness (QED) is 0.0751. The van der Waals surface area contributed by atoms with E-state index in [9.17, 15) is 24.5 Å². The van der Waals surface area contributed by atoms with E-state index in [1.54, 1.807) is 51.1 Å². The zero-order valence-corrected chi connectivity index (χ0v) is 33.8. The number of nitrogens with zero attached hydrogens (tertiary/aromatic N) is 3. The van der Waals surface area contributed by atoms with Gasteiger partial charge in [-0.3, -0.25) is 19.8 Å². The van der Waals surface area contributed by atoms with Gasteiger partial charge in [-0.2, -0.15) is 0 Å². The normalized spacial score (nSPS) is 15.2. The lowest BCUT2D eigenvalue weighted by molar-refractivity contribution is -0.385. The van der Waals surface area contributed by atoms with Crippen LogP contribution in [0.1, 0.15) is 73.6 Å². The first kappa shape index (κ1) is 42.6. The van der Waals surface area contributed by atoms with Crippen LogP contribution in [0.15, 0.2) is 48.5 Å². The van der Waals surface area contributed by atoms with Crippen LogP contribution in [0.4, 0.5) is 10.5 Å². The van der Waals surface area contributed by atoms with Crippen molar-refractivity contribution in [3.8, 4) is 23.0 Å². The van der Waals surface area contributed by atoms with Crippen LogP contribution in [-0.2, 0) is 22.5 Å². The van der Waals surface area contributed by atoms with E-state index < -0.39 is 46.1 Å². The number of urea groups is 1. The number of rotatable bonds is 14. The van der Waals surface area contributed by atoms with E-state index in [0.717, 1.165) is 4.90 Å². The number of imide groups is 1. The largest absolute Gasteiger partial charge is 0.496 e. The van der Waals surface area contributed by atoms with Gasteiger partial charge in [0.2, 0.25) is 5.91 Å². The fourth-order valence-electron chi connectivity index (χ4n) is 6.31. The van der Waals surface area contributed by atoms with Gasteiger partial charge in [-0.1, -0.05) is 43.2 Å². The van der Waals surface area contributed by atoms with Crippen molar-refractivity contribution in [2.75, 3.05) is 41.5 Å². The van der Waals surface area contributed by atoms with Crippen LogP contribution >= 0.6 is 23.8 Å². The summed E-state index contributed by atoms with van der Waals surface area (Å²) in [4.78, 5) is 56.3. The minimum Gasteiger partial charge on any atom is -0.496 e. The molecule has 1 aliphatic heterocycles. The van der Waals surface area contributed by atoms with Gasteiger partial charge in [0, 0.05) is 29.8 Å². The van der Waals surface area contributed by atoms with Crippen molar-refractivity contribution in [3.05, 3.63) is 85.9 Å². The van der Waals surface area contributed by atoms with Crippen LogP contribution in [0.2, 0.25) is 5.02 Å². The lowest BCUT2D eigenvalue weighted by atomic mass is 9.96.